The van der Waals surface area contributed by atoms with Crippen molar-refractivity contribution in [2.45, 2.75) is 11.8 Å². The first-order valence-corrected chi connectivity index (χ1v) is 12.1. The fourth-order valence-corrected chi connectivity index (χ4v) is 3.77. The minimum Gasteiger partial charge on any atom is -0.549 e. The molecule has 41 heavy (non-hydrogen) atoms. The van der Waals surface area contributed by atoms with E-state index < -0.39 is 23.8 Å². The van der Waals surface area contributed by atoms with Crippen molar-refractivity contribution in [3.63, 3.8) is 0 Å². The quantitative estimate of drug-likeness (QED) is 0.162. The Hall–Kier alpha value is -4.54. The molecule has 4 aromatic rings. The Kier molecular flexibility index (Phi) is 14.5. The van der Waals surface area contributed by atoms with Crippen molar-refractivity contribution in [1.82, 2.24) is 0 Å². The van der Waals surface area contributed by atoms with Gasteiger partial charge in [0.25, 0.3) is 0 Å². The van der Waals surface area contributed by atoms with Crippen molar-refractivity contribution in [1.29, 1.82) is 0 Å². The smallest absolute Gasteiger partial charge is 0.549 e. The van der Waals surface area contributed by atoms with Gasteiger partial charge in [0.15, 0.2) is 0 Å². The molecule has 0 atom stereocenters. The number of aromatic hydroxyl groups is 4. The second kappa shape index (κ2) is 17.2. The average Bonchev–Trinajstić information content (AvgIpc) is 2.93. The Morgan fingerprint density at radius 2 is 0.707 bits per heavy atom. The molecule has 0 fully saturated rings. The van der Waals surface area contributed by atoms with Gasteiger partial charge >= 0.3 is 17.1 Å². The average molecular weight is 610 g/mol. The number of aliphatic carboxylic acids is 2. The summed E-state index contributed by atoms with van der Waals surface area (Å²) in [6.45, 7) is 1.19. The van der Waals surface area contributed by atoms with Crippen LogP contribution in [0, 0.1) is 0 Å². The zero-order chi connectivity index (χ0) is 29.7. The van der Waals surface area contributed by atoms with Crippen LogP contribution < -0.4 is 21.7 Å². The summed E-state index contributed by atoms with van der Waals surface area (Å²) in [5.74, 6) is -5.73. The van der Waals surface area contributed by atoms with Gasteiger partial charge in [0.2, 0.25) is 0 Å². The number of nitrogens with two attached hydrogens (primary N) is 2. The molecule has 0 heterocycles. The summed E-state index contributed by atoms with van der Waals surface area (Å²) in [4.78, 5) is 22.5. The van der Waals surface area contributed by atoms with Gasteiger partial charge in [-0.2, -0.15) is 0 Å². The maximum Gasteiger partial charge on any atom is 2.00 e. The van der Waals surface area contributed by atoms with Crippen molar-refractivity contribution < 1.29 is 57.3 Å². The summed E-state index contributed by atoms with van der Waals surface area (Å²) in [6.07, 6.45) is 0. The van der Waals surface area contributed by atoms with Gasteiger partial charge in [0.1, 0.15) is 23.0 Å². The van der Waals surface area contributed by atoms with Crippen molar-refractivity contribution in [2.75, 3.05) is 13.1 Å². The van der Waals surface area contributed by atoms with Crippen LogP contribution in [0.2, 0.25) is 0 Å². The van der Waals surface area contributed by atoms with Crippen LogP contribution in [-0.2, 0) is 26.7 Å². The second-order valence-corrected chi connectivity index (χ2v) is 8.32. The van der Waals surface area contributed by atoms with Crippen molar-refractivity contribution >= 4 is 11.9 Å². The number of rotatable bonds is 7. The Labute approximate surface area is 247 Å². The van der Waals surface area contributed by atoms with E-state index in [1.165, 1.54) is 48.5 Å². The molecule has 0 aliphatic carbocycles. The van der Waals surface area contributed by atoms with Crippen LogP contribution in [-0.4, -0.2) is 45.5 Å². The Balaban J connectivity index is 0.000000355. The van der Waals surface area contributed by atoms with Crippen LogP contribution in [0.5, 0.6) is 23.0 Å². The van der Waals surface area contributed by atoms with Gasteiger partial charge in [-0.3, -0.25) is 0 Å². The SMILES string of the molecule is NCCN.O=C([O-])C(c1ccccc1O)c1ccccc1O.O=C([O-])C(c1ccccc1O)c1ccccc1O.[Cu+2]. The molecule has 0 bridgehead atoms. The predicted molar refractivity (Wildman–Crippen MR) is 144 cm³/mol. The Morgan fingerprint density at radius 1 is 0.512 bits per heavy atom. The van der Waals surface area contributed by atoms with Gasteiger partial charge in [-0.05, 0) is 24.3 Å². The van der Waals surface area contributed by atoms with Crippen LogP contribution in [0.3, 0.4) is 0 Å². The third-order valence-electron chi connectivity index (χ3n) is 5.63. The number of hydrogen-bond donors (Lipinski definition) is 6. The summed E-state index contributed by atoms with van der Waals surface area (Å²) in [5, 5.41) is 61.4. The standard InChI is InChI=1S/2C14H12O4.C2H8N2.Cu/c2*15-11-7-3-1-5-9(11)13(14(17)18)10-6-2-4-8-12(10)16;3-1-2-4;/h2*1-8,13,15-16H,(H,17,18);1-4H2;/q;;;+2/p-2. The number of carboxylic acid groups (broad SMARTS) is 2. The van der Waals surface area contributed by atoms with E-state index in [1.54, 1.807) is 48.5 Å². The van der Waals surface area contributed by atoms with E-state index in [1.807, 2.05) is 0 Å². The number of carboxylic acids is 2. The fourth-order valence-electron chi connectivity index (χ4n) is 3.77. The molecule has 0 unspecified atom stereocenters. The van der Waals surface area contributed by atoms with E-state index in [2.05, 4.69) is 0 Å². The Bertz CT molecular complexity index is 1220. The van der Waals surface area contributed by atoms with Gasteiger partial charge in [-0.1, -0.05) is 72.8 Å². The van der Waals surface area contributed by atoms with E-state index in [0.717, 1.165) is 0 Å². The van der Waals surface area contributed by atoms with Crippen molar-refractivity contribution in [3.8, 4) is 23.0 Å². The molecule has 4 rings (SSSR count). The molecule has 0 spiro atoms. The van der Waals surface area contributed by atoms with Gasteiger partial charge in [0.05, 0.1) is 23.8 Å². The number of benzene rings is 4. The van der Waals surface area contributed by atoms with Crippen LogP contribution in [0.15, 0.2) is 97.1 Å². The maximum absolute atomic E-state index is 11.3. The second-order valence-electron chi connectivity index (χ2n) is 8.32. The van der Waals surface area contributed by atoms with E-state index in [4.69, 9.17) is 11.5 Å². The number of phenolic OH excluding ortho intramolecular Hbond substituents is 4. The molecule has 0 amide bonds. The van der Waals surface area contributed by atoms with Crippen LogP contribution in [0.4, 0.5) is 0 Å². The van der Waals surface area contributed by atoms with Gasteiger partial charge in [0, 0.05) is 35.3 Å². The van der Waals surface area contributed by atoms with Crippen molar-refractivity contribution in [3.05, 3.63) is 119 Å². The number of carbonyl (C=O) groups is 2. The molecule has 8 N–H and O–H groups in total. The molecule has 10 nitrogen and oxygen atoms in total. The zero-order valence-electron chi connectivity index (χ0n) is 21.7. The van der Waals surface area contributed by atoms with Crippen LogP contribution in [0.25, 0.3) is 0 Å². The predicted octanol–water partition coefficient (Wildman–Crippen LogP) is 0.861. The molecule has 11 heteroatoms. The molecule has 0 saturated carbocycles. The van der Waals surface area contributed by atoms with Crippen LogP contribution >= 0.6 is 0 Å². The first-order chi connectivity index (χ1) is 19.1. The summed E-state index contributed by atoms with van der Waals surface area (Å²) in [6, 6.07) is 24.4. The largest absolute Gasteiger partial charge is 2.00 e. The number of para-hydroxylation sites is 4. The third-order valence-corrected chi connectivity index (χ3v) is 5.63. The van der Waals surface area contributed by atoms with Gasteiger partial charge in [-0.15, -0.1) is 0 Å². The monoisotopic (exact) mass is 609 g/mol. The summed E-state index contributed by atoms with van der Waals surface area (Å²) < 4.78 is 0. The first kappa shape index (κ1) is 34.5. The minimum absolute atomic E-state index is 0. The molecule has 0 aliphatic rings. The number of phenols is 4. The molecule has 0 aliphatic heterocycles. The topological polar surface area (TPSA) is 213 Å². The summed E-state index contributed by atoms with van der Waals surface area (Å²) in [7, 11) is 0. The molecule has 0 saturated heterocycles. The third kappa shape index (κ3) is 9.55. The van der Waals surface area contributed by atoms with Crippen LogP contribution in [0.1, 0.15) is 34.1 Å². The maximum atomic E-state index is 11.3. The molecule has 0 aromatic heterocycles. The molecule has 4 aromatic carbocycles. The Morgan fingerprint density at radius 3 is 0.854 bits per heavy atom. The molecule has 219 valence electrons. The van der Waals surface area contributed by atoms with E-state index >= 15 is 0 Å². The van der Waals surface area contributed by atoms with E-state index in [9.17, 15) is 40.2 Å². The molecular formula is C30H30CuN2O8. The van der Waals surface area contributed by atoms with Gasteiger partial charge in [-0.25, -0.2) is 0 Å². The van der Waals surface area contributed by atoms with Gasteiger partial charge < -0.3 is 51.7 Å². The number of carbonyl (C=O) groups excluding carboxylic acids is 2. The normalized spacial score (nSPS) is 9.95. The van der Waals surface area contributed by atoms with E-state index in [0.29, 0.717) is 13.1 Å². The molecule has 1 radical (unpaired) electrons. The fraction of sp³-hybridized carbons (Fsp3) is 0.133. The summed E-state index contributed by atoms with van der Waals surface area (Å²) >= 11 is 0. The first-order valence-electron chi connectivity index (χ1n) is 12.1. The van der Waals surface area contributed by atoms with Crippen molar-refractivity contribution in [2.24, 2.45) is 11.5 Å². The number of hydrogen-bond acceptors (Lipinski definition) is 10. The van der Waals surface area contributed by atoms with E-state index in [-0.39, 0.29) is 62.3 Å². The zero-order valence-corrected chi connectivity index (χ0v) is 22.6. The summed E-state index contributed by atoms with van der Waals surface area (Å²) in [5.41, 5.74) is 10.6. The molecular weight excluding hydrogens is 580 g/mol. The minimum atomic E-state index is -1.38.